The van der Waals surface area contributed by atoms with Crippen LogP contribution in [0.15, 0.2) is 0 Å². The number of aliphatic hydroxyl groups is 2. The topological polar surface area (TPSA) is 198 Å². The summed E-state index contributed by atoms with van der Waals surface area (Å²) >= 11 is 0. The molecule has 2 saturated carbocycles. The van der Waals surface area contributed by atoms with Crippen LogP contribution in [0.3, 0.4) is 0 Å². The number of carboxylic acids is 1. The molecule has 220 valence electrons. The van der Waals surface area contributed by atoms with E-state index in [4.69, 9.17) is 20.3 Å². The molecule has 0 heterocycles. The Morgan fingerprint density at radius 1 is 0.763 bits per heavy atom. The van der Waals surface area contributed by atoms with Gasteiger partial charge in [-0.05, 0) is 66.2 Å². The van der Waals surface area contributed by atoms with Gasteiger partial charge in [-0.3, -0.25) is 4.79 Å². The van der Waals surface area contributed by atoms with Crippen molar-refractivity contribution in [3.8, 4) is 0 Å². The number of carbonyl (C=O) groups is 4. The van der Waals surface area contributed by atoms with Gasteiger partial charge in [0.2, 0.25) is 5.91 Å². The molecule has 0 aliphatic heterocycles. The van der Waals surface area contributed by atoms with Gasteiger partial charge < -0.3 is 41.2 Å². The smallest absolute Gasteiger partial charge is 0.407 e. The van der Waals surface area contributed by atoms with Crippen LogP contribution in [0.2, 0.25) is 0 Å². The number of hydrogen-bond acceptors (Lipinski definition) is 8. The van der Waals surface area contributed by atoms with E-state index in [-0.39, 0.29) is 0 Å². The second kappa shape index (κ2) is 14.5. The average Bonchev–Trinajstić information content (AvgIpc) is 2.67. The van der Waals surface area contributed by atoms with Gasteiger partial charge in [0.25, 0.3) is 0 Å². The first-order valence-electron chi connectivity index (χ1n) is 13.2. The van der Waals surface area contributed by atoms with Gasteiger partial charge in [-0.25, -0.2) is 14.4 Å². The molecule has 38 heavy (non-hydrogen) atoms. The summed E-state index contributed by atoms with van der Waals surface area (Å²) in [5, 5.41) is 33.3. The van der Waals surface area contributed by atoms with E-state index in [1.165, 1.54) is 0 Å². The number of rotatable bonds is 10. The largest absolute Gasteiger partial charge is 0.479 e. The number of aliphatic carboxylic acids is 1. The van der Waals surface area contributed by atoms with Crippen molar-refractivity contribution in [2.45, 2.75) is 128 Å². The van der Waals surface area contributed by atoms with Crippen LogP contribution < -0.4 is 16.4 Å². The predicted octanol–water partition coefficient (Wildman–Crippen LogP) is 2.43. The molecule has 2 fully saturated rings. The third-order valence-corrected chi connectivity index (χ3v) is 6.34. The number of nitrogens with two attached hydrogens (primary N) is 1. The molecule has 7 N–H and O–H groups in total. The van der Waals surface area contributed by atoms with Crippen molar-refractivity contribution in [3.63, 3.8) is 0 Å². The Kier molecular flexibility index (Phi) is 12.8. The SMILES string of the molecule is CC(C)(C)OC(=O)NC(CC1CCC1)C(O)C(=O)O.CC(C)(C)OC(=O)NC(CC1CCC1)C(O)C(N)=O. The molecule has 0 radical (unpaired) electrons. The van der Waals surface area contributed by atoms with E-state index in [1.807, 2.05) is 0 Å². The molecule has 4 atom stereocenters. The van der Waals surface area contributed by atoms with Gasteiger partial charge in [-0.1, -0.05) is 38.5 Å². The molecule has 0 aromatic heterocycles. The normalized spacial score (nSPS) is 19.2. The van der Waals surface area contributed by atoms with Crippen LogP contribution in [0.4, 0.5) is 9.59 Å². The minimum atomic E-state index is -1.60. The van der Waals surface area contributed by atoms with Crippen LogP contribution in [0, 0.1) is 11.8 Å². The maximum Gasteiger partial charge on any atom is 0.407 e. The fourth-order valence-electron chi connectivity index (χ4n) is 4.00. The van der Waals surface area contributed by atoms with Crippen molar-refractivity contribution in [2.24, 2.45) is 17.6 Å². The van der Waals surface area contributed by atoms with Crippen LogP contribution in [-0.4, -0.2) is 74.9 Å². The Balaban J connectivity index is 0.000000380. The number of ether oxygens (including phenoxy) is 2. The lowest BCUT2D eigenvalue weighted by Gasteiger charge is -2.32. The first-order valence-corrected chi connectivity index (χ1v) is 13.2. The van der Waals surface area contributed by atoms with Crippen LogP contribution in [0.1, 0.15) is 92.9 Å². The van der Waals surface area contributed by atoms with Crippen molar-refractivity contribution >= 4 is 24.1 Å². The molecular weight excluding hydrogens is 498 g/mol. The molecule has 2 aliphatic carbocycles. The number of carboxylic acid groups (broad SMARTS) is 1. The zero-order chi connectivity index (χ0) is 29.3. The Morgan fingerprint density at radius 2 is 1.11 bits per heavy atom. The van der Waals surface area contributed by atoms with Crippen LogP contribution in [0.5, 0.6) is 0 Å². The van der Waals surface area contributed by atoms with Crippen molar-refractivity contribution in [2.75, 3.05) is 0 Å². The monoisotopic (exact) mass is 545 g/mol. The van der Waals surface area contributed by atoms with Crippen LogP contribution >= 0.6 is 0 Å². The summed E-state index contributed by atoms with van der Waals surface area (Å²) in [7, 11) is 0. The fourth-order valence-corrected chi connectivity index (χ4v) is 4.00. The van der Waals surface area contributed by atoms with Gasteiger partial charge in [0, 0.05) is 0 Å². The highest BCUT2D eigenvalue weighted by atomic mass is 16.6. The third kappa shape index (κ3) is 13.3. The van der Waals surface area contributed by atoms with E-state index in [0.717, 1.165) is 38.5 Å². The molecule has 12 heteroatoms. The van der Waals surface area contributed by atoms with E-state index < -0.39 is 59.6 Å². The van der Waals surface area contributed by atoms with Gasteiger partial charge in [0.15, 0.2) is 12.2 Å². The molecule has 0 aromatic rings. The van der Waals surface area contributed by atoms with Crippen molar-refractivity contribution in [1.82, 2.24) is 10.6 Å². The number of amides is 3. The lowest BCUT2D eigenvalue weighted by molar-refractivity contribution is -0.148. The molecule has 0 saturated heterocycles. The van der Waals surface area contributed by atoms with Gasteiger partial charge >= 0.3 is 18.2 Å². The highest BCUT2D eigenvalue weighted by Crippen LogP contribution is 2.32. The maximum atomic E-state index is 11.7. The lowest BCUT2D eigenvalue weighted by atomic mass is 9.80. The third-order valence-electron chi connectivity index (χ3n) is 6.34. The molecular formula is C26H47N3O9. The zero-order valence-corrected chi connectivity index (χ0v) is 23.5. The summed E-state index contributed by atoms with van der Waals surface area (Å²) in [5.41, 5.74) is 3.82. The summed E-state index contributed by atoms with van der Waals surface area (Å²) < 4.78 is 10.2. The standard InChI is InChI=1S/C13H24N2O4.C13H23NO5/c1-13(2,3)19-12(18)15-9(10(16)11(14)17)7-8-5-4-6-8;1-13(2,3)19-12(18)14-9(10(15)11(16)17)7-8-5-4-6-8/h8-10,16H,4-7H2,1-3H3,(H2,14,17)(H,15,18);8-10,15H,4-7H2,1-3H3,(H,14,18)(H,16,17). The Morgan fingerprint density at radius 3 is 1.34 bits per heavy atom. The quantitative estimate of drug-likeness (QED) is 0.239. The Bertz CT molecular complexity index is 733. The fraction of sp³-hybridized carbons (Fsp3) is 0.846. The van der Waals surface area contributed by atoms with Crippen LogP contribution in [0.25, 0.3) is 0 Å². The van der Waals surface area contributed by atoms with Gasteiger partial charge in [-0.2, -0.15) is 0 Å². The zero-order valence-electron chi connectivity index (χ0n) is 23.5. The average molecular weight is 546 g/mol. The highest BCUT2D eigenvalue weighted by molar-refractivity contribution is 5.80. The molecule has 2 aliphatic rings. The Hall–Kier alpha value is -2.60. The summed E-state index contributed by atoms with van der Waals surface area (Å²) in [5.74, 6) is -1.37. The molecule has 4 unspecified atom stereocenters. The number of primary amides is 1. The van der Waals surface area contributed by atoms with E-state index in [9.17, 15) is 29.4 Å². The number of hydrogen-bond donors (Lipinski definition) is 6. The summed E-state index contributed by atoms with van der Waals surface area (Å²) in [6.07, 6.45) is 3.09. The second-order valence-corrected chi connectivity index (χ2v) is 12.2. The number of alkyl carbamates (subject to hydrolysis) is 2. The van der Waals surface area contributed by atoms with E-state index >= 15 is 0 Å². The number of nitrogens with one attached hydrogen (secondary N) is 2. The summed E-state index contributed by atoms with van der Waals surface area (Å²) in [6.45, 7) is 10.4. The summed E-state index contributed by atoms with van der Waals surface area (Å²) in [6, 6.07) is -1.49. The molecule has 2 rings (SSSR count). The molecule has 12 nitrogen and oxygen atoms in total. The van der Waals surface area contributed by atoms with Gasteiger partial charge in [-0.15, -0.1) is 0 Å². The van der Waals surface area contributed by atoms with Crippen LogP contribution in [-0.2, 0) is 19.1 Å². The van der Waals surface area contributed by atoms with Gasteiger partial charge in [0.1, 0.15) is 11.2 Å². The highest BCUT2D eigenvalue weighted by Gasteiger charge is 2.33. The van der Waals surface area contributed by atoms with E-state index in [0.29, 0.717) is 24.7 Å². The molecule has 0 spiro atoms. The second-order valence-electron chi connectivity index (χ2n) is 12.2. The molecule has 3 amide bonds. The molecule has 0 bridgehead atoms. The number of aliphatic hydroxyl groups excluding tert-OH is 2. The minimum absolute atomic E-state index is 0.369. The van der Waals surface area contributed by atoms with Crippen molar-refractivity contribution in [3.05, 3.63) is 0 Å². The van der Waals surface area contributed by atoms with Crippen molar-refractivity contribution < 1.29 is 44.0 Å². The first kappa shape index (κ1) is 33.4. The van der Waals surface area contributed by atoms with Gasteiger partial charge in [0.05, 0.1) is 12.1 Å². The minimum Gasteiger partial charge on any atom is -0.479 e. The lowest BCUT2D eigenvalue weighted by Crippen LogP contribution is -2.51. The van der Waals surface area contributed by atoms with E-state index in [2.05, 4.69) is 10.6 Å². The molecule has 0 aromatic carbocycles. The number of carbonyl (C=O) groups excluding carboxylic acids is 3. The predicted molar refractivity (Wildman–Crippen MR) is 139 cm³/mol. The summed E-state index contributed by atoms with van der Waals surface area (Å²) in [4.78, 5) is 45.3. The Labute approximate surface area is 225 Å². The first-order chi connectivity index (χ1) is 17.4. The maximum absolute atomic E-state index is 11.7. The van der Waals surface area contributed by atoms with Crippen molar-refractivity contribution in [1.29, 1.82) is 0 Å². The van der Waals surface area contributed by atoms with E-state index in [1.54, 1.807) is 41.5 Å².